The van der Waals surface area contributed by atoms with E-state index in [0.717, 1.165) is 61.9 Å². The average Bonchev–Trinajstić information content (AvgIpc) is 3.30. The van der Waals surface area contributed by atoms with Crippen molar-refractivity contribution in [1.82, 2.24) is 14.5 Å². The molecule has 0 saturated carbocycles. The van der Waals surface area contributed by atoms with Gasteiger partial charge in [-0.2, -0.15) is 0 Å². The van der Waals surface area contributed by atoms with Crippen molar-refractivity contribution in [2.45, 2.75) is 66.1 Å². The highest BCUT2D eigenvalue weighted by Crippen LogP contribution is 2.32. The molecule has 0 aliphatic rings. The molecule has 0 radical (unpaired) electrons. The number of hydrogen-bond acceptors (Lipinski definition) is 3. The molecule has 0 N–H and O–H groups in total. The van der Waals surface area contributed by atoms with Crippen molar-refractivity contribution in [2.75, 3.05) is 13.7 Å². The zero-order valence-corrected chi connectivity index (χ0v) is 22.9. The lowest BCUT2D eigenvalue weighted by Crippen LogP contribution is -2.26. The number of ether oxygens (including phenoxy) is 1. The SMILES string of the molecule is CCCCN(Cc1ccc(C)cc1)Cc1c(-c2ccc(OC)cc2)nc(-c2ccccc2)n1CCCC. The summed E-state index contributed by atoms with van der Waals surface area (Å²) in [5.74, 6) is 1.92. The van der Waals surface area contributed by atoms with Crippen molar-refractivity contribution in [1.29, 1.82) is 0 Å². The third-order valence-electron chi connectivity index (χ3n) is 6.93. The first kappa shape index (κ1) is 26.7. The summed E-state index contributed by atoms with van der Waals surface area (Å²) in [6, 6.07) is 27.9. The monoisotopic (exact) mass is 495 g/mol. The first-order chi connectivity index (χ1) is 18.1. The largest absolute Gasteiger partial charge is 0.497 e. The highest BCUT2D eigenvalue weighted by atomic mass is 16.5. The van der Waals surface area contributed by atoms with Crippen LogP contribution in [0.15, 0.2) is 78.9 Å². The molecule has 0 aliphatic heterocycles. The van der Waals surface area contributed by atoms with Crippen LogP contribution in [0, 0.1) is 6.92 Å². The van der Waals surface area contributed by atoms with Crippen molar-refractivity contribution < 1.29 is 4.74 Å². The highest BCUT2D eigenvalue weighted by molar-refractivity contribution is 5.69. The van der Waals surface area contributed by atoms with Crippen LogP contribution in [0.2, 0.25) is 0 Å². The fraction of sp³-hybridized carbons (Fsp3) is 0.364. The Labute approximate surface area is 222 Å². The lowest BCUT2D eigenvalue weighted by molar-refractivity contribution is 0.246. The average molecular weight is 496 g/mol. The molecule has 4 nitrogen and oxygen atoms in total. The van der Waals surface area contributed by atoms with Crippen molar-refractivity contribution in [2.24, 2.45) is 0 Å². The number of nitrogens with zero attached hydrogens (tertiary/aromatic N) is 3. The summed E-state index contributed by atoms with van der Waals surface area (Å²) in [5, 5.41) is 0. The number of aromatic nitrogens is 2. The lowest BCUT2D eigenvalue weighted by atomic mass is 10.1. The summed E-state index contributed by atoms with van der Waals surface area (Å²) >= 11 is 0. The van der Waals surface area contributed by atoms with Gasteiger partial charge in [0.25, 0.3) is 0 Å². The van der Waals surface area contributed by atoms with E-state index >= 15 is 0 Å². The van der Waals surface area contributed by atoms with E-state index in [1.807, 2.05) is 12.1 Å². The molecule has 37 heavy (non-hydrogen) atoms. The smallest absolute Gasteiger partial charge is 0.140 e. The Morgan fingerprint density at radius 3 is 2.14 bits per heavy atom. The minimum Gasteiger partial charge on any atom is -0.497 e. The van der Waals surface area contributed by atoms with Crippen LogP contribution in [-0.4, -0.2) is 28.1 Å². The van der Waals surface area contributed by atoms with Crippen LogP contribution in [0.1, 0.15) is 56.4 Å². The molecule has 4 heteroatoms. The first-order valence-corrected chi connectivity index (χ1v) is 13.7. The molecular weight excluding hydrogens is 454 g/mol. The number of rotatable bonds is 13. The number of unbranched alkanes of at least 4 members (excludes halogenated alkanes) is 2. The third kappa shape index (κ3) is 6.90. The molecule has 4 aromatic rings. The molecule has 0 bridgehead atoms. The molecule has 0 amide bonds. The molecule has 0 aliphatic carbocycles. The summed E-state index contributed by atoms with van der Waals surface area (Å²) in [5.41, 5.74) is 7.32. The van der Waals surface area contributed by atoms with Gasteiger partial charge in [0, 0.05) is 30.8 Å². The van der Waals surface area contributed by atoms with Crippen LogP contribution < -0.4 is 4.74 Å². The normalized spacial score (nSPS) is 11.3. The highest BCUT2D eigenvalue weighted by Gasteiger charge is 2.22. The van der Waals surface area contributed by atoms with Crippen LogP contribution in [0.3, 0.4) is 0 Å². The van der Waals surface area contributed by atoms with Crippen molar-refractivity contribution in [3.63, 3.8) is 0 Å². The molecule has 0 fully saturated rings. The maximum Gasteiger partial charge on any atom is 0.140 e. The predicted molar refractivity (Wildman–Crippen MR) is 155 cm³/mol. The molecule has 1 heterocycles. The van der Waals surface area contributed by atoms with Gasteiger partial charge in [0.2, 0.25) is 0 Å². The maximum atomic E-state index is 5.44. The second-order valence-corrected chi connectivity index (χ2v) is 9.88. The molecule has 1 aromatic heterocycles. The number of hydrogen-bond donors (Lipinski definition) is 0. The first-order valence-electron chi connectivity index (χ1n) is 13.7. The Bertz CT molecular complexity index is 1230. The van der Waals surface area contributed by atoms with Crippen molar-refractivity contribution in [3.8, 4) is 28.4 Å². The van der Waals surface area contributed by atoms with Gasteiger partial charge >= 0.3 is 0 Å². The van der Waals surface area contributed by atoms with Crippen LogP contribution in [0.5, 0.6) is 5.75 Å². The molecule has 4 rings (SSSR count). The van der Waals surface area contributed by atoms with E-state index in [-0.39, 0.29) is 0 Å². The van der Waals surface area contributed by atoms with E-state index in [2.05, 4.69) is 97.0 Å². The standard InChI is InChI=1S/C33H41N3O/c1-5-7-22-35(24-27-16-14-26(3)15-17-27)25-31-32(28-18-20-30(37-4)21-19-28)34-33(36(31)23-8-6-2)29-12-10-9-11-13-29/h9-21H,5-8,22-25H2,1-4H3. The van der Waals surface area contributed by atoms with Gasteiger partial charge in [0.1, 0.15) is 11.6 Å². The molecule has 0 saturated heterocycles. The molecule has 3 aromatic carbocycles. The lowest BCUT2D eigenvalue weighted by Gasteiger charge is -2.24. The van der Waals surface area contributed by atoms with Gasteiger partial charge in [-0.25, -0.2) is 4.98 Å². The van der Waals surface area contributed by atoms with E-state index in [1.54, 1.807) is 7.11 Å². The zero-order chi connectivity index (χ0) is 26.0. The van der Waals surface area contributed by atoms with E-state index < -0.39 is 0 Å². The minimum atomic E-state index is 0.860. The summed E-state index contributed by atoms with van der Waals surface area (Å²) < 4.78 is 7.92. The van der Waals surface area contributed by atoms with Crippen molar-refractivity contribution >= 4 is 0 Å². The number of benzene rings is 3. The maximum absolute atomic E-state index is 5.44. The Morgan fingerprint density at radius 1 is 0.784 bits per heavy atom. The fourth-order valence-electron chi connectivity index (χ4n) is 4.75. The minimum absolute atomic E-state index is 0.860. The van der Waals surface area contributed by atoms with Gasteiger partial charge < -0.3 is 9.30 Å². The molecule has 0 atom stereocenters. The predicted octanol–water partition coefficient (Wildman–Crippen LogP) is 8.14. The Balaban J connectivity index is 1.80. The quantitative estimate of drug-likeness (QED) is 0.187. The van der Waals surface area contributed by atoms with Crippen LogP contribution >= 0.6 is 0 Å². The van der Waals surface area contributed by atoms with E-state index in [9.17, 15) is 0 Å². The molecule has 194 valence electrons. The Kier molecular flexibility index (Phi) is 9.56. The van der Waals surface area contributed by atoms with Gasteiger partial charge in [-0.1, -0.05) is 86.8 Å². The van der Waals surface area contributed by atoms with Gasteiger partial charge in [-0.05, 0) is 56.1 Å². The van der Waals surface area contributed by atoms with Crippen molar-refractivity contribution in [3.05, 3.63) is 95.7 Å². The van der Waals surface area contributed by atoms with E-state index in [0.29, 0.717) is 0 Å². The second kappa shape index (κ2) is 13.3. The summed E-state index contributed by atoms with van der Waals surface area (Å²) in [6.45, 7) is 10.5. The number of methoxy groups -OCH3 is 1. The van der Waals surface area contributed by atoms with Gasteiger partial charge in [0.15, 0.2) is 0 Å². The molecular formula is C33H41N3O. The summed E-state index contributed by atoms with van der Waals surface area (Å²) in [4.78, 5) is 7.90. The van der Waals surface area contributed by atoms with Crippen LogP contribution in [0.25, 0.3) is 22.6 Å². The van der Waals surface area contributed by atoms with Gasteiger partial charge in [-0.3, -0.25) is 4.90 Å². The van der Waals surface area contributed by atoms with Crippen LogP contribution in [0.4, 0.5) is 0 Å². The second-order valence-electron chi connectivity index (χ2n) is 9.88. The topological polar surface area (TPSA) is 30.3 Å². The fourth-order valence-corrected chi connectivity index (χ4v) is 4.75. The van der Waals surface area contributed by atoms with Crippen LogP contribution in [-0.2, 0) is 19.6 Å². The Morgan fingerprint density at radius 2 is 1.49 bits per heavy atom. The molecule has 0 unspecified atom stereocenters. The van der Waals surface area contributed by atoms with Gasteiger partial charge in [-0.15, -0.1) is 0 Å². The summed E-state index contributed by atoms with van der Waals surface area (Å²) in [7, 11) is 1.71. The van der Waals surface area contributed by atoms with E-state index in [1.165, 1.54) is 35.2 Å². The number of aryl methyl sites for hydroxylation is 1. The third-order valence-corrected chi connectivity index (χ3v) is 6.93. The van der Waals surface area contributed by atoms with E-state index in [4.69, 9.17) is 9.72 Å². The Hall–Kier alpha value is -3.37. The zero-order valence-electron chi connectivity index (χ0n) is 22.9. The molecule has 0 spiro atoms. The summed E-state index contributed by atoms with van der Waals surface area (Å²) in [6.07, 6.45) is 4.63. The number of imidazole rings is 1. The van der Waals surface area contributed by atoms with Gasteiger partial charge in [0.05, 0.1) is 18.5 Å².